The highest BCUT2D eigenvalue weighted by atomic mass is 35.5. The molecule has 0 saturated heterocycles. The number of anilines is 1. The molecule has 1 N–H and O–H groups in total. The lowest BCUT2D eigenvalue weighted by molar-refractivity contribution is 0.0954. The number of sulfonamides is 1. The van der Waals surface area contributed by atoms with E-state index < -0.39 is 15.9 Å². The minimum Gasteiger partial charge on any atom is -0.352 e. The Balaban J connectivity index is 1.89. The molecule has 158 valence electrons. The van der Waals surface area contributed by atoms with E-state index in [0.717, 1.165) is 4.88 Å². The Kier molecular flexibility index (Phi) is 7.41. The van der Waals surface area contributed by atoms with Crippen LogP contribution in [-0.2, 0) is 16.4 Å². The summed E-state index contributed by atoms with van der Waals surface area (Å²) in [5.74, 6) is -0.451. The van der Waals surface area contributed by atoms with Crippen molar-refractivity contribution in [3.8, 4) is 0 Å². The highest BCUT2D eigenvalue weighted by molar-refractivity contribution is 7.93. The summed E-state index contributed by atoms with van der Waals surface area (Å²) < 4.78 is 27.9. The molecular formula is C21H20Cl2N2O3S2. The average molecular weight is 483 g/mol. The van der Waals surface area contributed by atoms with E-state index in [9.17, 15) is 13.2 Å². The van der Waals surface area contributed by atoms with Gasteiger partial charge in [0.2, 0.25) is 0 Å². The smallest absolute Gasteiger partial charge is 0.265 e. The number of nitrogens with zero attached hydrogens (tertiary/aromatic N) is 1. The van der Waals surface area contributed by atoms with E-state index in [4.69, 9.17) is 23.2 Å². The monoisotopic (exact) mass is 482 g/mol. The van der Waals surface area contributed by atoms with Crippen LogP contribution in [0.4, 0.5) is 5.69 Å². The predicted octanol–water partition coefficient (Wildman–Crippen LogP) is 5.24. The van der Waals surface area contributed by atoms with Gasteiger partial charge < -0.3 is 5.32 Å². The van der Waals surface area contributed by atoms with Crippen LogP contribution in [0.25, 0.3) is 0 Å². The second-order valence-electron chi connectivity index (χ2n) is 6.35. The van der Waals surface area contributed by atoms with Crippen LogP contribution in [0.2, 0.25) is 10.0 Å². The summed E-state index contributed by atoms with van der Waals surface area (Å²) in [5, 5.41) is 4.81. The summed E-state index contributed by atoms with van der Waals surface area (Å²) in [7, 11) is -4.00. The normalized spacial score (nSPS) is 11.3. The Morgan fingerprint density at radius 3 is 2.43 bits per heavy atom. The van der Waals surface area contributed by atoms with Gasteiger partial charge in [-0.3, -0.25) is 9.10 Å². The van der Waals surface area contributed by atoms with Crippen LogP contribution in [0.1, 0.15) is 22.2 Å². The van der Waals surface area contributed by atoms with Gasteiger partial charge in [-0.2, -0.15) is 0 Å². The van der Waals surface area contributed by atoms with E-state index in [0.29, 0.717) is 18.7 Å². The first-order valence-electron chi connectivity index (χ1n) is 9.22. The standard InChI is InChI=1S/C21H20Cl2N2O3S2/c1-2-25(15-7-4-3-5-8-15)30(27,28)20-13-17(18(22)14-19(20)23)21(26)24-11-10-16-9-6-12-29-16/h3-9,12-14H,2,10-11H2,1H3,(H,24,26). The van der Waals surface area contributed by atoms with Gasteiger partial charge in [0.15, 0.2) is 0 Å². The Bertz CT molecular complexity index is 1120. The molecule has 1 amide bonds. The van der Waals surface area contributed by atoms with Crippen molar-refractivity contribution in [1.82, 2.24) is 5.32 Å². The zero-order valence-electron chi connectivity index (χ0n) is 16.1. The molecular weight excluding hydrogens is 463 g/mol. The predicted molar refractivity (Wildman–Crippen MR) is 123 cm³/mol. The van der Waals surface area contributed by atoms with Crippen LogP contribution in [0.5, 0.6) is 0 Å². The molecule has 0 bridgehead atoms. The second kappa shape index (κ2) is 9.83. The van der Waals surface area contributed by atoms with Gasteiger partial charge >= 0.3 is 0 Å². The first-order valence-corrected chi connectivity index (χ1v) is 12.3. The third-order valence-electron chi connectivity index (χ3n) is 4.40. The summed E-state index contributed by atoms with van der Waals surface area (Å²) in [5.41, 5.74) is 0.572. The molecule has 0 unspecified atom stereocenters. The van der Waals surface area contributed by atoms with Crippen molar-refractivity contribution in [3.63, 3.8) is 0 Å². The van der Waals surface area contributed by atoms with Gasteiger partial charge in [0.05, 0.1) is 21.3 Å². The summed E-state index contributed by atoms with van der Waals surface area (Å²) in [6, 6.07) is 15.2. The number of amides is 1. The molecule has 3 rings (SSSR count). The molecule has 9 heteroatoms. The number of carbonyl (C=O) groups excluding carboxylic acids is 1. The minimum atomic E-state index is -4.00. The molecule has 0 radical (unpaired) electrons. The second-order valence-corrected chi connectivity index (χ2v) is 10.0. The van der Waals surface area contributed by atoms with Crippen molar-refractivity contribution >= 4 is 56.2 Å². The van der Waals surface area contributed by atoms with E-state index >= 15 is 0 Å². The molecule has 0 aliphatic carbocycles. The summed E-state index contributed by atoms with van der Waals surface area (Å²) >= 11 is 14.0. The van der Waals surface area contributed by atoms with Gasteiger partial charge in [0.1, 0.15) is 4.90 Å². The quantitative estimate of drug-likeness (QED) is 0.477. The first-order chi connectivity index (χ1) is 14.3. The van der Waals surface area contributed by atoms with Crippen LogP contribution >= 0.6 is 34.5 Å². The molecule has 0 spiro atoms. The van der Waals surface area contributed by atoms with Crippen molar-refractivity contribution in [2.24, 2.45) is 0 Å². The SMILES string of the molecule is CCN(c1ccccc1)S(=O)(=O)c1cc(C(=O)NCCc2cccs2)c(Cl)cc1Cl. The lowest BCUT2D eigenvalue weighted by Gasteiger charge is -2.24. The van der Waals surface area contributed by atoms with E-state index in [1.807, 2.05) is 17.5 Å². The Hall–Kier alpha value is -2.06. The van der Waals surface area contributed by atoms with Gasteiger partial charge in [-0.05, 0) is 49.1 Å². The summed E-state index contributed by atoms with van der Waals surface area (Å²) in [6.45, 7) is 2.34. The number of thiophene rings is 1. The lowest BCUT2D eigenvalue weighted by atomic mass is 10.2. The lowest BCUT2D eigenvalue weighted by Crippen LogP contribution is -2.31. The van der Waals surface area contributed by atoms with Crippen LogP contribution in [0.3, 0.4) is 0 Å². The molecule has 0 atom stereocenters. The van der Waals surface area contributed by atoms with Gasteiger partial charge in [0.25, 0.3) is 15.9 Å². The summed E-state index contributed by atoms with van der Waals surface area (Å²) in [6.07, 6.45) is 0.678. The molecule has 1 heterocycles. The maximum absolute atomic E-state index is 13.3. The topological polar surface area (TPSA) is 66.5 Å². The maximum Gasteiger partial charge on any atom is 0.265 e. The number of para-hydroxylation sites is 1. The molecule has 0 fully saturated rings. The number of rotatable bonds is 8. The van der Waals surface area contributed by atoms with Gasteiger partial charge in [-0.15, -0.1) is 11.3 Å². The van der Waals surface area contributed by atoms with Crippen LogP contribution in [0, 0.1) is 0 Å². The largest absolute Gasteiger partial charge is 0.352 e. The number of carbonyl (C=O) groups is 1. The van der Waals surface area contributed by atoms with Crippen molar-refractivity contribution in [2.45, 2.75) is 18.2 Å². The fraction of sp³-hybridized carbons (Fsp3) is 0.190. The number of benzene rings is 2. The zero-order chi connectivity index (χ0) is 21.7. The maximum atomic E-state index is 13.3. The number of hydrogen-bond acceptors (Lipinski definition) is 4. The van der Waals surface area contributed by atoms with Gasteiger partial charge in [-0.1, -0.05) is 47.5 Å². The zero-order valence-corrected chi connectivity index (χ0v) is 19.3. The van der Waals surface area contributed by atoms with E-state index in [1.165, 1.54) is 16.4 Å². The average Bonchev–Trinajstić information content (AvgIpc) is 3.22. The molecule has 0 saturated carbocycles. The van der Waals surface area contributed by atoms with E-state index in [-0.39, 0.29) is 27.0 Å². The van der Waals surface area contributed by atoms with Crippen molar-refractivity contribution in [1.29, 1.82) is 0 Å². The van der Waals surface area contributed by atoms with Gasteiger partial charge in [0, 0.05) is 18.0 Å². The molecule has 3 aromatic rings. The van der Waals surface area contributed by atoms with Crippen molar-refractivity contribution < 1.29 is 13.2 Å². The molecule has 2 aromatic carbocycles. The van der Waals surface area contributed by atoms with Crippen LogP contribution < -0.4 is 9.62 Å². The highest BCUT2D eigenvalue weighted by Gasteiger charge is 2.28. The number of hydrogen-bond donors (Lipinski definition) is 1. The van der Waals surface area contributed by atoms with Crippen molar-refractivity contribution in [2.75, 3.05) is 17.4 Å². The van der Waals surface area contributed by atoms with Crippen LogP contribution in [0.15, 0.2) is 64.9 Å². The highest BCUT2D eigenvalue weighted by Crippen LogP contribution is 2.32. The number of halogens is 2. The first kappa shape index (κ1) is 22.6. The molecule has 30 heavy (non-hydrogen) atoms. The Labute approximate surface area is 190 Å². The van der Waals surface area contributed by atoms with Crippen LogP contribution in [-0.4, -0.2) is 27.4 Å². The molecule has 0 aliphatic rings. The number of nitrogens with one attached hydrogen (secondary N) is 1. The molecule has 5 nitrogen and oxygen atoms in total. The molecule has 1 aromatic heterocycles. The Morgan fingerprint density at radius 1 is 1.07 bits per heavy atom. The fourth-order valence-electron chi connectivity index (χ4n) is 2.95. The minimum absolute atomic E-state index is 0.0375. The van der Waals surface area contributed by atoms with E-state index in [2.05, 4.69) is 5.32 Å². The third kappa shape index (κ3) is 4.98. The summed E-state index contributed by atoms with van der Waals surface area (Å²) in [4.78, 5) is 13.6. The van der Waals surface area contributed by atoms with Gasteiger partial charge in [-0.25, -0.2) is 8.42 Å². The Morgan fingerprint density at radius 2 is 1.80 bits per heavy atom. The third-order valence-corrected chi connectivity index (χ3v) is 8.02. The molecule has 0 aliphatic heterocycles. The van der Waals surface area contributed by atoms with Crippen molar-refractivity contribution in [3.05, 3.63) is 80.5 Å². The fourth-order valence-corrected chi connectivity index (χ4v) is 5.97. The van der Waals surface area contributed by atoms with E-state index in [1.54, 1.807) is 48.6 Å².